The first-order valence-corrected chi connectivity index (χ1v) is 9.48. The second-order valence-electron chi connectivity index (χ2n) is 6.98. The molecule has 0 amide bonds. The number of hydrogen-bond donors (Lipinski definition) is 0. The van der Waals surface area contributed by atoms with Crippen molar-refractivity contribution in [3.8, 4) is 23.0 Å². The van der Waals surface area contributed by atoms with Crippen LogP contribution in [0.4, 0.5) is 0 Å². The Hall–Kier alpha value is -4.13. The molecule has 0 aliphatic rings. The fourth-order valence-electron chi connectivity index (χ4n) is 3.72. The van der Waals surface area contributed by atoms with Gasteiger partial charge in [0, 0.05) is 7.05 Å². The summed E-state index contributed by atoms with van der Waals surface area (Å²) in [6.07, 6.45) is 1.52. The summed E-state index contributed by atoms with van der Waals surface area (Å²) in [4.78, 5) is 31.7. The lowest BCUT2D eigenvalue weighted by Gasteiger charge is -2.11. The summed E-state index contributed by atoms with van der Waals surface area (Å²) in [5.74, 6) is 0.696. The molecule has 5 rings (SSSR count). The Balaban J connectivity index is 1.92. The number of hydrogen-bond acceptors (Lipinski definition) is 4. The Morgan fingerprint density at radius 1 is 0.867 bits per heavy atom. The van der Waals surface area contributed by atoms with Crippen molar-refractivity contribution in [2.75, 3.05) is 0 Å². The fraction of sp³-hybridized carbons (Fsp3) is 0.0870. The number of furan rings is 1. The monoisotopic (exact) mass is 398 g/mol. The standard InChI is InChI=1S/C23H18N4O3/c1-15-20(23(29)27(25(15)2)16-9-4-3-5-10-16)26-21(19-13-8-14-30-19)24-18-12-7-6-11-17(18)22(26)28/h3-14H,1-2H3. The smallest absolute Gasteiger partial charge is 0.296 e. The van der Waals surface area contributed by atoms with Crippen molar-refractivity contribution in [3.63, 3.8) is 0 Å². The predicted octanol–water partition coefficient (Wildman–Crippen LogP) is 3.44. The van der Waals surface area contributed by atoms with E-state index in [4.69, 9.17) is 4.42 Å². The summed E-state index contributed by atoms with van der Waals surface area (Å²) >= 11 is 0. The summed E-state index contributed by atoms with van der Waals surface area (Å²) in [6.45, 7) is 1.81. The van der Waals surface area contributed by atoms with Gasteiger partial charge in [0.15, 0.2) is 11.6 Å². The van der Waals surface area contributed by atoms with Gasteiger partial charge in [-0.1, -0.05) is 30.3 Å². The first kappa shape index (κ1) is 17.9. The Morgan fingerprint density at radius 2 is 1.60 bits per heavy atom. The van der Waals surface area contributed by atoms with Crippen molar-refractivity contribution in [1.29, 1.82) is 0 Å². The van der Waals surface area contributed by atoms with E-state index in [0.29, 0.717) is 28.0 Å². The minimum atomic E-state index is -0.321. The minimum absolute atomic E-state index is 0.246. The van der Waals surface area contributed by atoms with Gasteiger partial charge in [0.05, 0.1) is 28.5 Å². The molecule has 0 atom stereocenters. The normalized spacial score (nSPS) is 11.3. The van der Waals surface area contributed by atoms with Crippen LogP contribution in [0, 0.1) is 6.92 Å². The van der Waals surface area contributed by atoms with Gasteiger partial charge in [0.2, 0.25) is 0 Å². The molecule has 7 nitrogen and oxygen atoms in total. The van der Waals surface area contributed by atoms with Crippen LogP contribution >= 0.6 is 0 Å². The number of aromatic nitrogens is 4. The molecular weight excluding hydrogens is 380 g/mol. The van der Waals surface area contributed by atoms with Gasteiger partial charge in [-0.05, 0) is 43.3 Å². The maximum absolute atomic E-state index is 13.5. The van der Waals surface area contributed by atoms with Crippen LogP contribution in [0.3, 0.4) is 0 Å². The number of para-hydroxylation sites is 2. The third-order valence-electron chi connectivity index (χ3n) is 5.26. The van der Waals surface area contributed by atoms with Crippen LogP contribution in [0.25, 0.3) is 33.9 Å². The SMILES string of the molecule is Cc1c(-n2c(-c3ccco3)nc3ccccc3c2=O)c(=O)n(-c2ccccc2)n1C. The van der Waals surface area contributed by atoms with Crippen LogP contribution in [0.5, 0.6) is 0 Å². The summed E-state index contributed by atoms with van der Waals surface area (Å²) in [5.41, 5.74) is 1.50. The van der Waals surface area contributed by atoms with Crippen molar-refractivity contribution in [3.05, 3.63) is 99.4 Å². The van der Waals surface area contributed by atoms with Gasteiger partial charge >= 0.3 is 0 Å². The average molecular weight is 398 g/mol. The fourth-order valence-corrected chi connectivity index (χ4v) is 3.72. The molecule has 0 saturated heterocycles. The van der Waals surface area contributed by atoms with Gasteiger partial charge in [-0.25, -0.2) is 14.2 Å². The molecule has 5 aromatic rings. The first-order chi connectivity index (χ1) is 14.6. The van der Waals surface area contributed by atoms with E-state index >= 15 is 0 Å². The molecule has 7 heteroatoms. The number of nitrogens with zero attached hydrogens (tertiary/aromatic N) is 4. The molecule has 0 spiro atoms. The highest BCUT2D eigenvalue weighted by Crippen LogP contribution is 2.23. The molecule has 0 fully saturated rings. The van der Waals surface area contributed by atoms with Gasteiger partial charge in [-0.2, -0.15) is 0 Å². The van der Waals surface area contributed by atoms with Gasteiger partial charge in [-0.15, -0.1) is 0 Å². The summed E-state index contributed by atoms with van der Waals surface area (Å²) in [7, 11) is 1.79. The second-order valence-corrected chi connectivity index (χ2v) is 6.98. The largest absolute Gasteiger partial charge is 0.461 e. The zero-order valence-corrected chi connectivity index (χ0v) is 16.4. The van der Waals surface area contributed by atoms with E-state index in [0.717, 1.165) is 0 Å². The number of fused-ring (bicyclic) bond motifs is 1. The Bertz CT molecular complexity index is 1490. The molecule has 0 saturated carbocycles. The molecule has 0 bridgehead atoms. The Labute approximate surface area is 171 Å². The topological polar surface area (TPSA) is 75.0 Å². The summed E-state index contributed by atoms with van der Waals surface area (Å²) < 4.78 is 10.2. The number of benzene rings is 2. The lowest BCUT2D eigenvalue weighted by Crippen LogP contribution is -2.28. The van der Waals surface area contributed by atoms with Crippen LogP contribution in [-0.2, 0) is 7.05 Å². The van der Waals surface area contributed by atoms with E-state index < -0.39 is 0 Å². The first-order valence-electron chi connectivity index (χ1n) is 9.48. The Morgan fingerprint density at radius 3 is 2.33 bits per heavy atom. The molecule has 2 aromatic carbocycles. The minimum Gasteiger partial charge on any atom is -0.461 e. The molecule has 0 aliphatic carbocycles. The van der Waals surface area contributed by atoms with E-state index in [2.05, 4.69) is 4.98 Å². The van der Waals surface area contributed by atoms with Crippen LogP contribution < -0.4 is 11.1 Å². The van der Waals surface area contributed by atoms with E-state index in [9.17, 15) is 9.59 Å². The van der Waals surface area contributed by atoms with E-state index in [-0.39, 0.29) is 22.6 Å². The molecule has 0 N–H and O–H groups in total. The van der Waals surface area contributed by atoms with Crippen molar-refractivity contribution >= 4 is 10.9 Å². The zero-order chi connectivity index (χ0) is 20.8. The van der Waals surface area contributed by atoms with Gasteiger partial charge in [0.1, 0.15) is 5.69 Å². The van der Waals surface area contributed by atoms with Gasteiger partial charge < -0.3 is 4.42 Å². The third-order valence-corrected chi connectivity index (χ3v) is 5.26. The van der Waals surface area contributed by atoms with Crippen LogP contribution in [-0.4, -0.2) is 18.9 Å². The van der Waals surface area contributed by atoms with Crippen molar-refractivity contribution in [2.45, 2.75) is 6.92 Å². The maximum Gasteiger partial charge on any atom is 0.296 e. The molecule has 0 unspecified atom stereocenters. The molecule has 0 aliphatic heterocycles. The van der Waals surface area contributed by atoms with E-state index in [1.807, 2.05) is 43.3 Å². The quantitative estimate of drug-likeness (QED) is 0.467. The lowest BCUT2D eigenvalue weighted by molar-refractivity contribution is 0.574. The van der Waals surface area contributed by atoms with E-state index in [1.165, 1.54) is 15.5 Å². The van der Waals surface area contributed by atoms with E-state index in [1.54, 1.807) is 42.1 Å². The lowest BCUT2D eigenvalue weighted by atomic mass is 10.2. The highest BCUT2D eigenvalue weighted by atomic mass is 16.3. The van der Waals surface area contributed by atoms with Gasteiger partial charge in [-0.3, -0.25) is 14.3 Å². The maximum atomic E-state index is 13.5. The average Bonchev–Trinajstić information content (AvgIpc) is 3.37. The van der Waals surface area contributed by atoms with Crippen LogP contribution in [0.1, 0.15) is 5.69 Å². The molecule has 3 heterocycles. The number of rotatable bonds is 3. The van der Waals surface area contributed by atoms with Gasteiger partial charge in [0.25, 0.3) is 11.1 Å². The summed E-state index contributed by atoms with van der Waals surface area (Å²) in [6, 6.07) is 19.8. The highest BCUT2D eigenvalue weighted by molar-refractivity contribution is 5.80. The molecule has 30 heavy (non-hydrogen) atoms. The molecule has 3 aromatic heterocycles. The highest BCUT2D eigenvalue weighted by Gasteiger charge is 2.24. The molecule has 148 valence electrons. The predicted molar refractivity (Wildman–Crippen MR) is 114 cm³/mol. The molecule has 0 radical (unpaired) electrons. The van der Waals surface area contributed by atoms with Crippen LogP contribution in [0.15, 0.2) is 87.0 Å². The van der Waals surface area contributed by atoms with Crippen LogP contribution in [0.2, 0.25) is 0 Å². The van der Waals surface area contributed by atoms with Crippen molar-refractivity contribution < 1.29 is 4.42 Å². The Kier molecular flexibility index (Phi) is 4.03. The van der Waals surface area contributed by atoms with Crippen molar-refractivity contribution in [1.82, 2.24) is 18.9 Å². The zero-order valence-electron chi connectivity index (χ0n) is 16.4. The van der Waals surface area contributed by atoms with Crippen molar-refractivity contribution in [2.24, 2.45) is 7.05 Å². The molecular formula is C23H18N4O3. The second kappa shape index (κ2) is 6.73. The summed E-state index contributed by atoms with van der Waals surface area (Å²) in [5, 5.41) is 0.432. The third kappa shape index (κ3) is 2.56.